The summed E-state index contributed by atoms with van der Waals surface area (Å²) in [5, 5.41) is 0.213. The highest BCUT2D eigenvalue weighted by Crippen LogP contribution is 1.97. The number of rotatable bonds is 0. The van der Waals surface area contributed by atoms with E-state index in [0.717, 1.165) is 0 Å². The van der Waals surface area contributed by atoms with Crippen molar-refractivity contribution in [1.82, 2.24) is 0 Å². The van der Waals surface area contributed by atoms with Crippen LogP contribution in [0.4, 0.5) is 4.79 Å². The topological polar surface area (TPSA) is 35.5 Å². The molecule has 0 unspecified atom stereocenters. The number of cyclic esters (lactones) is 2. The molecule has 1 rings (SSSR count). The van der Waals surface area contributed by atoms with Crippen LogP contribution in [0.2, 0.25) is 0 Å². The molecule has 0 saturated carbocycles. The average molecular weight is 118 g/mol. The van der Waals surface area contributed by atoms with E-state index in [1.807, 2.05) is 0 Å². The first-order valence-electron chi connectivity index (χ1n) is 1.66. The van der Waals surface area contributed by atoms with Crippen molar-refractivity contribution in [2.75, 3.05) is 6.61 Å². The van der Waals surface area contributed by atoms with Gasteiger partial charge >= 0.3 is 6.16 Å². The molecule has 1 saturated heterocycles. The van der Waals surface area contributed by atoms with E-state index < -0.39 is 6.16 Å². The van der Waals surface area contributed by atoms with Crippen molar-refractivity contribution in [2.24, 2.45) is 0 Å². The van der Waals surface area contributed by atoms with E-state index in [1.165, 1.54) is 0 Å². The molecule has 0 aromatic rings. The van der Waals surface area contributed by atoms with Gasteiger partial charge in [-0.3, -0.25) is 0 Å². The second-order valence-corrected chi connectivity index (χ2v) is 1.47. The Morgan fingerprint density at radius 1 is 1.71 bits per heavy atom. The van der Waals surface area contributed by atoms with Gasteiger partial charge in [0, 0.05) is 0 Å². The van der Waals surface area contributed by atoms with E-state index in [9.17, 15) is 4.79 Å². The van der Waals surface area contributed by atoms with Gasteiger partial charge in [-0.05, 0) is 12.2 Å². The molecule has 0 aromatic carbocycles. The molecule has 3 nitrogen and oxygen atoms in total. The lowest BCUT2D eigenvalue weighted by molar-refractivity contribution is 0.139. The van der Waals surface area contributed by atoms with Crippen LogP contribution < -0.4 is 0 Å². The number of ether oxygens (including phenoxy) is 2. The standard InChI is InChI=1S/C3H2O3S/c4-3-5-1-2(7)6-3/h1H2. The Bertz CT molecular complexity index is 105. The van der Waals surface area contributed by atoms with Gasteiger partial charge in [-0.2, -0.15) is 0 Å². The Labute approximate surface area is 45.2 Å². The first kappa shape index (κ1) is 4.52. The molecule has 4 heteroatoms. The number of hydrogen-bond donors (Lipinski definition) is 0. The summed E-state index contributed by atoms with van der Waals surface area (Å²) >= 11 is 4.43. The van der Waals surface area contributed by atoms with Gasteiger partial charge in [0.05, 0.1) is 0 Å². The quantitative estimate of drug-likeness (QED) is 0.342. The summed E-state index contributed by atoms with van der Waals surface area (Å²) in [6, 6.07) is 0. The summed E-state index contributed by atoms with van der Waals surface area (Å²) in [5.74, 6) is 0. The maximum Gasteiger partial charge on any atom is 0.514 e. The Morgan fingerprint density at radius 2 is 2.43 bits per heavy atom. The van der Waals surface area contributed by atoms with Crippen LogP contribution in [0.5, 0.6) is 0 Å². The molecule has 0 bridgehead atoms. The number of thiocarbonyl (C=S) groups is 1. The van der Waals surface area contributed by atoms with Crippen LogP contribution in [0.1, 0.15) is 0 Å². The lowest BCUT2D eigenvalue weighted by Crippen LogP contribution is -1.92. The van der Waals surface area contributed by atoms with Crippen LogP contribution in [-0.4, -0.2) is 17.8 Å². The summed E-state index contributed by atoms with van der Waals surface area (Å²) in [7, 11) is 0. The molecule has 0 amide bonds. The fourth-order valence-corrected chi connectivity index (χ4v) is 0.397. The highest BCUT2D eigenvalue weighted by atomic mass is 32.1. The smallest absolute Gasteiger partial charge is 0.425 e. The largest absolute Gasteiger partial charge is 0.514 e. The maximum atomic E-state index is 9.92. The van der Waals surface area contributed by atoms with E-state index in [1.54, 1.807) is 0 Å². The van der Waals surface area contributed by atoms with Crippen LogP contribution in [0.15, 0.2) is 0 Å². The predicted molar refractivity (Wildman–Crippen MR) is 25.0 cm³/mol. The zero-order chi connectivity index (χ0) is 5.28. The van der Waals surface area contributed by atoms with Gasteiger partial charge in [0.15, 0.2) is 6.61 Å². The van der Waals surface area contributed by atoms with Crippen LogP contribution in [0.25, 0.3) is 0 Å². The zero-order valence-electron chi connectivity index (χ0n) is 3.34. The summed E-state index contributed by atoms with van der Waals surface area (Å²) in [5.41, 5.74) is 0. The molecule has 0 radical (unpaired) electrons. The minimum Gasteiger partial charge on any atom is -0.425 e. The molecule has 38 valence electrons. The average Bonchev–Trinajstić information content (AvgIpc) is 1.87. The Balaban J connectivity index is 2.55. The fraction of sp³-hybridized carbons (Fsp3) is 0.333. The molecule has 0 spiro atoms. The van der Waals surface area contributed by atoms with Crippen LogP contribution in [0.3, 0.4) is 0 Å². The molecular formula is C3H2O3S. The molecule has 7 heavy (non-hydrogen) atoms. The Kier molecular flexibility index (Phi) is 0.941. The van der Waals surface area contributed by atoms with E-state index in [4.69, 9.17) is 0 Å². The predicted octanol–water partition coefficient (Wildman–Crippen LogP) is 0.481. The summed E-state index contributed by atoms with van der Waals surface area (Å²) in [6.45, 7) is 0.133. The Hall–Kier alpha value is -0.640. The summed E-state index contributed by atoms with van der Waals surface area (Å²) < 4.78 is 8.49. The van der Waals surface area contributed by atoms with Crippen LogP contribution in [0, 0.1) is 0 Å². The van der Waals surface area contributed by atoms with Crippen molar-refractivity contribution in [3.63, 3.8) is 0 Å². The fourth-order valence-electron chi connectivity index (χ4n) is 0.270. The third-order valence-electron chi connectivity index (χ3n) is 0.505. The van der Waals surface area contributed by atoms with Gasteiger partial charge in [-0.25, -0.2) is 4.79 Å². The minimum atomic E-state index is -0.690. The molecule has 0 N–H and O–H groups in total. The second kappa shape index (κ2) is 1.46. The molecule has 1 fully saturated rings. The van der Waals surface area contributed by atoms with E-state index in [0.29, 0.717) is 0 Å². The van der Waals surface area contributed by atoms with E-state index in [-0.39, 0.29) is 11.7 Å². The third kappa shape index (κ3) is 0.866. The molecule has 1 aliphatic rings. The first-order chi connectivity index (χ1) is 3.29. The third-order valence-corrected chi connectivity index (χ3v) is 0.706. The van der Waals surface area contributed by atoms with Crippen molar-refractivity contribution in [3.8, 4) is 0 Å². The normalized spacial score (nSPS) is 18.9. The monoisotopic (exact) mass is 118 g/mol. The van der Waals surface area contributed by atoms with Crippen LogP contribution >= 0.6 is 12.2 Å². The van der Waals surface area contributed by atoms with Gasteiger partial charge in [0.25, 0.3) is 0 Å². The van der Waals surface area contributed by atoms with Crippen molar-refractivity contribution in [1.29, 1.82) is 0 Å². The van der Waals surface area contributed by atoms with Crippen LogP contribution in [-0.2, 0) is 9.47 Å². The van der Waals surface area contributed by atoms with Crippen molar-refractivity contribution < 1.29 is 14.3 Å². The van der Waals surface area contributed by atoms with Gasteiger partial charge in [0.2, 0.25) is 5.05 Å². The van der Waals surface area contributed by atoms with Gasteiger partial charge in [-0.15, -0.1) is 0 Å². The molecule has 1 aliphatic heterocycles. The summed E-state index contributed by atoms with van der Waals surface area (Å²) in [6.07, 6.45) is -0.690. The minimum absolute atomic E-state index is 0.133. The molecule has 0 aliphatic carbocycles. The van der Waals surface area contributed by atoms with Crippen molar-refractivity contribution >= 4 is 23.4 Å². The van der Waals surface area contributed by atoms with Gasteiger partial charge in [0.1, 0.15) is 0 Å². The number of carbonyl (C=O) groups excluding carboxylic acids is 1. The molecule has 0 atom stereocenters. The molecule has 0 aromatic heterocycles. The summed E-state index contributed by atoms with van der Waals surface area (Å²) in [4.78, 5) is 9.92. The number of carbonyl (C=O) groups is 1. The van der Waals surface area contributed by atoms with Crippen molar-refractivity contribution in [2.45, 2.75) is 0 Å². The van der Waals surface area contributed by atoms with Gasteiger partial charge < -0.3 is 9.47 Å². The second-order valence-electron chi connectivity index (χ2n) is 1.01. The molecular weight excluding hydrogens is 116 g/mol. The number of hydrogen-bond acceptors (Lipinski definition) is 4. The highest BCUT2D eigenvalue weighted by molar-refractivity contribution is 7.80. The lowest BCUT2D eigenvalue weighted by Gasteiger charge is -1.78. The van der Waals surface area contributed by atoms with Crippen molar-refractivity contribution in [3.05, 3.63) is 0 Å². The van der Waals surface area contributed by atoms with Gasteiger partial charge in [-0.1, -0.05) is 0 Å². The lowest BCUT2D eigenvalue weighted by atomic mass is 10.8. The SMILES string of the molecule is O=C1OCC(=S)O1. The molecule has 1 heterocycles. The van der Waals surface area contributed by atoms with E-state index in [2.05, 4.69) is 21.7 Å². The highest BCUT2D eigenvalue weighted by Gasteiger charge is 2.16. The van der Waals surface area contributed by atoms with E-state index >= 15 is 0 Å². The maximum absolute atomic E-state index is 9.92. The Morgan fingerprint density at radius 3 is 2.57 bits per heavy atom. The first-order valence-corrected chi connectivity index (χ1v) is 2.07. The zero-order valence-corrected chi connectivity index (χ0v) is 4.16.